The number of unbranched alkanes of at least 4 members (excludes halogenated alkanes) is 1. The number of nitrogens with zero attached hydrogens (tertiary/aromatic N) is 2. The highest BCUT2D eigenvalue weighted by molar-refractivity contribution is 7.12. The minimum atomic E-state index is -0.0754. The van der Waals surface area contributed by atoms with Crippen molar-refractivity contribution in [3.8, 4) is 11.5 Å². The number of carbonyl (C=O) groups is 2. The lowest BCUT2D eigenvalue weighted by atomic mass is 10.1. The molecule has 2 amide bonds. The maximum atomic E-state index is 13.5. The second-order valence-corrected chi connectivity index (χ2v) is 10.6. The first-order chi connectivity index (χ1) is 16.9. The van der Waals surface area contributed by atoms with Gasteiger partial charge in [0.15, 0.2) is 11.5 Å². The molecule has 0 radical (unpaired) electrons. The summed E-state index contributed by atoms with van der Waals surface area (Å²) < 4.78 is 10.8. The number of methoxy groups -OCH3 is 2. The maximum Gasteiger partial charge on any atom is 0.264 e. The Morgan fingerprint density at radius 1 is 0.971 bits per heavy atom. The van der Waals surface area contributed by atoms with Crippen LogP contribution in [0.25, 0.3) is 0 Å². The molecular weight excluding hydrogens is 480 g/mol. The Hall–Kier alpha value is -2.84. The van der Waals surface area contributed by atoms with Crippen molar-refractivity contribution in [2.75, 3.05) is 33.9 Å². The number of aryl methyl sites for hydroxylation is 1. The Balaban J connectivity index is 1.76. The van der Waals surface area contributed by atoms with E-state index in [-0.39, 0.29) is 18.4 Å². The van der Waals surface area contributed by atoms with Crippen LogP contribution in [-0.4, -0.2) is 55.5 Å². The smallest absolute Gasteiger partial charge is 0.264 e. The van der Waals surface area contributed by atoms with Gasteiger partial charge in [-0.15, -0.1) is 22.7 Å². The van der Waals surface area contributed by atoms with E-state index >= 15 is 0 Å². The predicted molar refractivity (Wildman–Crippen MR) is 143 cm³/mol. The van der Waals surface area contributed by atoms with Crippen LogP contribution in [0.3, 0.4) is 0 Å². The van der Waals surface area contributed by atoms with E-state index in [0.29, 0.717) is 42.4 Å². The third-order valence-electron chi connectivity index (χ3n) is 5.74. The zero-order valence-corrected chi connectivity index (χ0v) is 22.5. The molecular formula is C27H34N2O4S2. The molecule has 3 rings (SSSR count). The molecule has 35 heavy (non-hydrogen) atoms. The average molecular weight is 515 g/mol. The Bertz CT molecular complexity index is 1090. The van der Waals surface area contributed by atoms with E-state index in [0.717, 1.165) is 23.3 Å². The summed E-state index contributed by atoms with van der Waals surface area (Å²) in [5.74, 6) is 1.23. The first-order valence-corrected chi connectivity index (χ1v) is 13.5. The first kappa shape index (κ1) is 26.8. The van der Waals surface area contributed by atoms with Gasteiger partial charge in [0.2, 0.25) is 5.91 Å². The summed E-state index contributed by atoms with van der Waals surface area (Å²) in [6.07, 6.45) is 2.49. The number of amides is 2. The lowest BCUT2D eigenvalue weighted by Gasteiger charge is -2.27. The molecule has 188 valence electrons. The average Bonchev–Trinajstić information content (AvgIpc) is 3.55. The Morgan fingerprint density at radius 2 is 1.77 bits per heavy atom. The summed E-state index contributed by atoms with van der Waals surface area (Å²) in [4.78, 5) is 33.2. The Labute approximate surface area is 216 Å². The number of thiophene rings is 2. The van der Waals surface area contributed by atoms with E-state index in [9.17, 15) is 9.59 Å². The topological polar surface area (TPSA) is 59.1 Å². The molecule has 1 aromatic carbocycles. The molecule has 6 nitrogen and oxygen atoms in total. The molecule has 0 unspecified atom stereocenters. The molecule has 0 aliphatic rings. The highest BCUT2D eigenvalue weighted by Gasteiger charge is 2.23. The summed E-state index contributed by atoms with van der Waals surface area (Å²) >= 11 is 3.11. The van der Waals surface area contributed by atoms with Crippen molar-refractivity contribution in [1.82, 2.24) is 9.80 Å². The van der Waals surface area contributed by atoms with E-state index in [4.69, 9.17) is 9.47 Å². The zero-order chi connectivity index (χ0) is 25.2. The van der Waals surface area contributed by atoms with Crippen LogP contribution in [0.4, 0.5) is 0 Å². The maximum absolute atomic E-state index is 13.5. The van der Waals surface area contributed by atoms with Gasteiger partial charge in [0.25, 0.3) is 5.91 Å². The minimum Gasteiger partial charge on any atom is -0.493 e. The molecule has 2 aromatic heterocycles. The molecule has 0 bridgehead atoms. The van der Waals surface area contributed by atoms with Crippen LogP contribution in [-0.2, 0) is 17.8 Å². The van der Waals surface area contributed by atoms with Gasteiger partial charge in [-0.1, -0.05) is 25.5 Å². The molecule has 8 heteroatoms. The molecule has 0 spiro atoms. The van der Waals surface area contributed by atoms with Crippen LogP contribution < -0.4 is 9.47 Å². The van der Waals surface area contributed by atoms with Crippen molar-refractivity contribution < 1.29 is 19.1 Å². The number of carbonyl (C=O) groups excluding carboxylic acids is 2. The van der Waals surface area contributed by atoms with Gasteiger partial charge in [-0.05, 0) is 61.0 Å². The van der Waals surface area contributed by atoms with Crippen LogP contribution in [0, 0.1) is 6.92 Å². The van der Waals surface area contributed by atoms with E-state index in [2.05, 4.69) is 26.0 Å². The van der Waals surface area contributed by atoms with Gasteiger partial charge in [-0.3, -0.25) is 9.59 Å². The van der Waals surface area contributed by atoms with Crippen molar-refractivity contribution in [2.24, 2.45) is 0 Å². The summed E-state index contributed by atoms with van der Waals surface area (Å²) in [6.45, 7) is 5.87. The van der Waals surface area contributed by atoms with Crippen molar-refractivity contribution in [3.05, 3.63) is 68.0 Å². The summed E-state index contributed by atoms with van der Waals surface area (Å²) in [5, 5.41) is 1.89. The van der Waals surface area contributed by atoms with Crippen LogP contribution >= 0.6 is 22.7 Å². The highest BCUT2D eigenvalue weighted by atomic mass is 32.1. The lowest BCUT2D eigenvalue weighted by Crippen LogP contribution is -2.43. The standard InChI is InChI=1S/C27H34N2O4S2/c1-5-6-14-29(27(31)25-8-7-16-34-25)19-26(30)28(18-22-11-9-20(2)35-22)15-13-21-10-12-23(32-3)24(17-21)33-4/h7-12,16-17H,5-6,13-15,18-19H2,1-4H3. The van der Waals surface area contributed by atoms with Gasteiger partial charge in [0, 0.05) is 22.8 Å². The van der Waals surface area contributed by atoms with Crippen LogP contribution in [0.15, 0.2) is 47.8 Å². The predicted octanol–water partition coefficient (Wildman–Crippen LogP) is 5.65. The second kappa shape index (κ2) is 13.3. The first-order valence-electron chi connectivity index (χ1n) is 11.8. The highest BCUT2D eigenvalue weighted by Crippen LogP contribution is 2.28. The fourth-order valence-electron chi connectivity index (χ4n) is 3.77. The number of hydrogen-bond acceptors (Lipinski definition) is 6. The van der Waals surface area contributed by atoms with Gasteiger partial charge < -0.3 is 19.3 Å². The fraction of sp³-hybridized carbons (Fsp3) is 0.407. The largest absolute Gasteiger partial charge is 0.493 e. The molecule has 2 heterocycles. The SMILES string of the molecule is CCCCN(CC(=O)N(CCc1ccc(OC)c(OC)c1)Cc1ccc(C)s1)C(=O)c1cccs1. The number of benzene rings is 1. The summed E-state index contributed by atoms with van der Waals surface area (Å²) in [6, 6.07) is 13.7. The minimum absolute atomic E-state index is 0.0439. The second-order valence-electron chi connectivity index (χ2n) is 8.32. The molecule has 0 fully saturated rings. The quantitative estimate of drug-likeness (QED) is 0.296. The van der Waals surface area contributed by atoms with E-state index < -0.39 is 0 Å². The normalized spacial score (nSPS) is 10.7. The van der Waals surface area contributed by atoms with Gasteiger partial charge in [0.05, 0.1) is 25.6 Å². The van der Waals surface area contributed by atoms with Crippen molar-refractivity contribution in [3.63, 3.8) is 0 Å². The zero-order valence-electron chi connectivity index (χ0n) is 20.9. The third kappa shape index (κ3) is 7.57. The molecule has 0 aliphatic carbocycles. The summed E-state index contributed by atoms with van der Waals surface area (Å²) in [5.41, 5.74) is 1.06. The van der Waals surface area contributed by atoms with E-state index in [1.54, 1.807) is 30.5 Å². The molecule has 3 aromatic rings. The molecule has 0 aliphatic heterocycles. The lowest BCUT2D eigenvalue weighted by molar-refractivity contribution is -0.132. The molecule has 0 saturated carbocycles. The fourth-order valence-corrected chi connectivity index (χ4v) is 5.37. The third-order valence-corrected chi connectivity index (χ3v) is 7.58. The Kier molecular flexibility index (Phi) is 10.2. The molecule has 0 atom stereocenters. The molecule has 0 saturated heterocycles. The monoisotopic (exact) mass is 514 g/mol. The van der Waals surface area contributed by atoms with Gasteiger partial charge in [-0.25, -0.2) is 0 Å². The Morgan fingerprint density at radius 3 is 2.40 bits per heavy atom. The van der Waals surface area contributed by atoms with Crippen molar-refractivity contribution in [1.29, 1.82) is 0 Å². The molecule has 0 N–H and O–H groups in total. The van der Waals surface area contributed by atoms with Gasteiger partial charge in [0.1, 0.15) is 6.54 Å². The van der Waals surface area contributed by atoms with Crippen LogP contribution in [0.5, 0.6) is 11.5 Å². The van der Waals surface area contributed by atoms with Crippen LogP contribution in [0.2, 0.25) is 0 Å². The van der Waals surface area contributed by atoms with Gasteiger partial charge >= 0.3 is 0 Å². The number of ether oxygens (including phenoxy) is 2. The summed E-state index contributed by atoms with van der Waals surface area (Å²) in [7, 11) is 3.23. The van der Waals surface area contributed by atoms with E-state index in [1.807, 2.05) is 40.6 Å². The number of hydrogen-bond donors (Lipinski definition) is 0. The van der Waals surface area contributed by atoms with Crippen molar-refractivity contribution in [2.45, 2.75) is 39.7 Å². The van der Waals surface area contributed by atoms with E-state index in [1.165, 1.54) is 16.2 Å². The van der Waals surface area contributed by atoms with Crippen LogP contribution in [0.1, 0.15) is 44.8 Å². The number of rotatable bonds is 13. The van der Waals surface area contributed by atoms with Gasteiger partial charge in [-0.2, -0.15) is 0 Å². The van der Waals surface area contributed by atoms with Crippen molar-refractivity contribution >= 4 is 34.5 Å².